The van der Waals surface area contributed by atoms with Crippen LogP contribution in [0.15, 0.2) is 42.5 Å². The molecule has 1 amide bonds. The number of carbonyl (C=O) groups excluding carboxylic acids is 1. The Hall–Kier alpha value is -2.40. The Bertz CT molecular complexity index is 878. The van der Waals surface area contributed by atoms with E-state index >= 15 is 0 Å². The topological polar surface area (TPSA) is 44.4 Å². The van der Waals surface area contributed by atoms with Gasteiger partial charge in [-0.1, -0.05) is 44.2 Å². The van der Waals surface area contributed by atoms with E-state index < -0.39 is 0 Å². The smallest absolute Gasteiger partial charge is 0.227 e. The monoisotopic (exact) mass is 395 g/mol. The third-order valence-electron chi connectivity index (χ3n) is 5.31. The number of aryl methyl sites for hydroxylation is 2. The van der Waals surface area contributed by atoms with E-state index in [9.17, 15) is 4.79 Å². The second-order valence-corrected chi connectivity index (χ2v) is 8.24. The fourth-order valence-electron chi connectivity index (χ4n) is 3.73. The first-order valence-corrected chi connectivity index (χ1v) is 10.3. The first kappa shape index (κ1) is 20.3. The maximum Gasteiger partial charge on any atom is 0.227 e. The van der Waals surface area contributed by atoms with Crippen LogP contribution in [0.3, 0.4) is 0 Å². The van der Waals surface area contributed by atoms with Crippen LogP contribution in [0.25, 0.3) is 0 Å². The van der Waals surface area contributed by atoms with Crippen molar-refractivity contribution in [3.05, 3.63) is 59.2 Å². The third kappa shape index (κ3) is 4.53. The number of benzene rings is 2. The van der Waals surface area contributed by atoms with Crippen LogP contribution in [0, 0.1) is 19.8 Å². The van der Waals surface area contributed by atoms with E-state index in [0.29, 0.717) is 17.5 Å². The number of nitrogens with zero attached hydrogens (tertiary/aromatic N) is 1. The summed E-state index contributed by atoms with van der Waals surface area (Å²) < 4.78 is 0. The molecule has 2 aromatic carbocycles. The fraction of sp³-hybridized carbons (Fsp3) is 0.391. The Balaban J connectivity index is 1.75. The summed E-state index contributed by atoms with van der Waals surface area (Å²) in [5.74, 6) is 0.581. The van der Waals surface area contributed by atoms with Crippen molar-refractivity contribution in [1.29, 1.82) is 0 Å². The van der Waals surface area contributed by atoms with Gasteiger partial charge >= 0.3 is 0 Å². The van der Waals surface area contributed by atoms with Gasteiger partial charge in [0.1, 0.15) is 0 Å². The van der Waals surface area contributed by atoms with E-state index in [2.05, 4.69) is 55.7 Å². The average molecular weight is 396 g/mol. The zero-order valence-corrected chi connectivity index (χ0v) is 17.9. The highest BCUT2D eigenvalue weighted by Gasteiger charge is 2.23. The molecule has 1 aliphatic heterocycles. The Morgan fingerprint density at radius 1 is 1.11 bits per heavy atom. The number of hydrogen-bond acceptors (Lipinski definition) is 2. The zero-order chi connectivity index (χ0) is 20.3. The Labute approximate surface area is 173 Å². The van der Waals surface area contributed by atoms with Gasteiger partial charge in [0, 0.05) is 24.3 Å². The molecular weight excluding hydrogens is 366 g/mol. The van der Waals surface area contributed by atoms with Gasteiger partial charge < -0.3 is 15.5 Å². The van der Waals surface area contributed by atoms with Gasteiger partial charge in [-0.25, -0.2) is 0 Å². The summed E-state index contributed by atoms with van der Waals surface area (Å²) in [5, 5.41) is 7.37. The van der Waals surface area contributed by atoms with E-state index in [4.69, 9.17) is 12.2 Å². The molecule has 1 saturated heterocycles. The predicted octanol–water partition coefficient (Wildman–Crippen LogP) is 5.11. The molecule has 2 aromatic rings. The summed E-state index contributed by atoms with van der Waals surface area (Å²) in [5.41, 5.74) is 5.47. The molecule has 0 aliphatic carbocycles. The van der Waals surface area contributed by atoms with Crippen LogP contribution in [-0.4, -0.2) is 17.6 Å². The molecule has 0 bridgehead atoms. The van der Waals surface area contributed by atoms with Crippen molar-refractivity contribution in [3.63, 3.8) is 0 Å². The zero-order valence-electron chi connectivity index (χ0n) is 17.1. The lowest BCUT2D eigenvalue weighted by molar-refractivity contribution is -0.117. The molecule has 1 aliphatic rings. The van der Waals surface area contributed by atoms with Gasteiger partial charge in [0.15, 0.2) is 5.11 Å². The lowest BCUT2D eigenvalue weighted by Gasteiger charge is -2.26. The Kier molecular flexibility index (Phi) is 6.35. The minimum absolute atomic E-state index is 0.131. The van der Waals surface area contributed by atoms with Crippen LogP contribution in [0.1, 0.15) is 49.4 Å². The molecule has 0 spiro atoms. The summed E-state index contributed by atoms with van der Waals surface area (Å²) in [4.78, 5) is 14.0. The van der Waals surface area contributed by atoms with E-state index in [-0.39, 0.29) is 11.9 Å². The van der Waals surface area contributed by atoms with Crippen LogP contribution in [0.5, 0.6) is 0 Å². The van der Waals surface area contributed by atoms with Crippen molar-refractivity contribution >= 4 is 34.6 Å². The molecule has 2 N–H and O–H groups in total. The molecule has 1 fully saturated rings. The second-order valence-electron chi connectivity index (χ2n) is 7.83. The summed E-state index contributed by atoms with van der Waals surface area (Å²) in [6.07, 6.45) is 1.55. The summed E-state index contributed by atoms with van der Waals surface area (Å²) >= 11 is 5.61. The molecule has 0 unspecified atom stereocenters. The van der Waals surface area contributed by atoms with Crippen molar-refractivity contribution < 1.29 is 4.79 Å². The Morgan fingerprint density at radius 2 is 1.86 bits per heavy atom. The minimum Gasteiger partial charge on any atom is -0.355 e. The van der Waals surface area contributed by atoms with Crippen molar-refractivity contribution in [3.8, 4) is 0 Å². The van der Waals surface area contributed by atoms with Gasteiger partial charge in [-0.2, -0.15) is 0 Å². The normalized spacial score (nSPS) is 15.0. The molecule has 1 atom stereocenters. The molecular formula is C23H29N3OS. The second kappa shape index (κ2) is 8.74. The Morgan fingerprint density at radius 3 is 2.50 bits per heavy atom. The minimum atomic E-state index is 0.131. The largest absolute Gasteiger partial charge is 0.355 e. The molecule has 28 heavy (non-hydrogen) atoms. The molecule has 0 radical (unpaired) electrons. The molecule has 5 heteroatoms. The van der Waals surface area contributed by atoms with Crippen molar-refractivity contribution in [2.45, 2.75) is 46.6 Å². The number of carbonyl (C=O) groups is 1. The molecule has 1 heterocycles. The highest BCUT2D eigenvalue weighted by atomic mass is 32.1. The van der Waals surface area contributed by atoms with E-state index in [1.54, 1.807) is 0 Å². The standard InChI is InChI=1S/C23H29N3OS/c1-15(2)22(19-9-6-5-8-16(19)3)25-23(28)24-18-12-11-17(4)20(14-18)26-13-7-10-21(26)27/h5-6,8-9,11-12,14-15,22H,7,10,13H2,1-4H3,(H2,24,25,28)/t22-/m1/s1. The summed E-state index contributed by atoms with van der Waals surface area (Å²) in [6.45, 7) is 9.33. The lowest BCUT2D eigenvalue weighted by atomic mass is 9.93. The van der Waals surface area contributed by atoms with Crippen LogP contribution >= 0.6 is 12.2 Å². The number of anilines is 2. The van der Waals surface area contributed by atoms with Gasteiger partial charge in [0.05, 0.1) is 6.04 Å². The number of nitrogens with one attached hydrogen (secondary N) is 2. The van der Waals surface area contributed by atoms with Gasteiger partial charge in [0.25, 0.3) is 0 Å². The van der Waals surface area contributed by atoms with Gasteiger partial charge in [-0.15, -0.1) is 0 Å². The first-order chi connectivity index (χ1) is 13.4. The molecule has 3 rings (SSSR count). The molecule has 4 nitrogen and oxygen atoms in total. The first-order valence-electron chi connectivity index (χ1n) is 9.91. The number of amides is 1. The SMILES string of the molecule is Cc1ccccc1[C@H](NC(=S)Nc1ccc(C)c(N2CCCC2=O)c1)C(C)C. The third-order valence-corrected chi connectivity index (χ3v) is 5.53. The summed E-state index contributed by atoms with van der Waals surface area (Å²) in [7, 11) is 0. The van der Waals surface area contributed by atoms with Gasteiger partial charge in [-0.3, -0.25) is 4.79 Å². The van der Waals surface area contributed by atoms with E-state index in [0.717, 1.165) is 29.9 Å². The predicted molar refractivity (Wildman–Crippen MR) is 121 cm³/mol. The maximum absolute atomic E-state index is 12.1. The quantitative estimate of drug-likeness (QED) is 0.690. The lowest BCUT2D eigenvalue weighted by Crippen LogP contribution is -2.35. The highest BCUT2D eigenvalue weighted by molar-refractivity contribution is 7.80. The van der Waals surface area contributed by atoms with E-state index in [1.807, 2.05) is 30.0 Å². The van der Waals surface area contributed by atoms with Gasteiger partial charge in [-0.05, 0) is 67.2 Å². The van der Waals surface area contributed by atoms with Crippen LogP contribution in [0.2, 0.25) is 0 Å². The van der Waals surface area contributed by atoms with Gasteiger partial charge in [0.2, 0.25) is 5.91 Å². The van der Waals surface area contributed by atoms with E-state index in [1.165, 1.54) is 11.1 Å². The molecule has 0 aromatic heterocycles. The molecule has 148 valence electrons. The van der Waals surface area contributed by atoms with Crippen molar-refractivity contribution in [2.75, 3.05) is 16.8 Å². The fourth-order valence-corrected chi connectivity index (χ4v) is 3.97. The van der Waals surface area contributed by atoms with Crippen molar-refractivity contribution in [1.82, 2.24) is 5.32 Å². The summed E-state index contributed by atoms with van der Waals surface area (Å²) in [6, 6.07) is 14.6. The van der Waals surface area contributed by atoms with Crippen LogP contribution in [-0.2, 0) is 4.79 Å². The van der Waals surface area contributed by atoms with Crippen LogP contribution < -0.4 is 15.5 Å². The number of thiocarbonyl (C=S) groups is 1. The van der Waals surface area contributed by atoms with Crippen LogP contribution in [0.4, 0.5) is 11.4 Å². The number of rotatable bonds is 5. The van der Waals surface area contributed by atoms with Crippen molar-refractivity contribution in [2.24, 2.45) is 5.92 Å². The maximum atomic E-state index is 12.1. The highest BCUT2D eigenvalue weighted by Crippen LogP contribution is 2.29. The number of hydrogen-bond donors (Lipinski definition) is 2. The molecule has 0 saturated carbocycles. The average Bonchev–Trinajstić information content (AvgIpc) is 3.07.